The third kappa shape index (κ3) is 3.25. The third-order valence-corrected chi connectivity index (χ3v) is 5.70. The molecule has 1 fully saturated rings. The minimum Gasteiger partial charge on any atom is -0.390 e. The zero-order valence-corrected chi connectivity index (χ0v) is 16.3. The number of fused-ring (bicyclic) bond motifs is 1. The molecule has 0 radical (unpaired) electrons. The van der Waals surface area contributed by atoms with Gasteiger partial charge in [-0.05, 0) is 37.3 Å². The zero-order chi connectivity index (χ0) is 20.0. The summed E-state index contributed by atoms with van der Waals surface area (Å²) in [5, 5.41) is 14.5. The molecule has 4 aromatic rings. The fourth-order valence-electron chi connectivity index (χ4n) is 4.24. The average Bonchev–Trinajstić information content (AvgIpc) is 3.08. The van der Waals surface area contributed by atoms with E-state index in [2.05, 4.69) is 58.6 Å². The Kier molecular flexibility index (Phi) is 4.10. The molecule has 0 unspecified atom stereocenters. The van der Waals surface area contributed by atoms with Crippen LogP contribution in [0.25, 0.3) is 16.8 Å². The Morgan fingerprint density at radius 2 is 1.76 bits per heavy atom. The van der Waals surface area contributed by atoms with Crippen LogP contribution in [-0.4, -0.2) is 30.3 Å². The van der Waals surface area contributed by atoms with Crippen molar-refractivity contribution in [3.63, 3.8) is 0 Å². The Bertz CT molecular complexity index is 1160. The van der Waals surface area contributed by atoms with Gasteiger partial charge in [-0.25, -0.2) is 14.5 Å². The Hall–Kier alpha value is -3.25. The lowest BCUT2D eigenvalue weighted by Gasteiger charge is -2.39. The van der Waals surface area contributed by atoms with E-state index >= 15 is 0 Å². The SMILES string of the molecule is C[C@]1(O)C[C@@H](c2nc(-c3ccc(Cc4ccccc4)cc3)c3c(N)ncnn32)C1. The van der Waals surface area contributed by atoms with Crippen LogP contribution in [0.1, 0.15) is 42.6 Å². The molecule has 0 atom stereocenters. The summed E-state index contributed by atoms with van der Waals surface area (Å²) < 4.78 is 1.79. The van der Waals surface area contributed by atoms with Crippen LogP contribution in [0.3, 0.4) is 0 Å². The van der Waals surface area contributed by atoms with Gasteiger partial charge < -0.3 is 10.8 Å². The molecule has 3 N–H and O–H groups in total. The van der Waals surface area contributed by atoms with E-state index in [4.69, 9.17) is 10.7 Å². The number of hydrogen-bond acceptors (Lipinski definition) is 5. The maximum Gasteiger partial charge on any atom is 0.153 e. The van der Waals surface area contributed by atoms with Crippen LogP contribution < -0.4 is 5.73 Å². The number of aromatic nitrogens is 4. The summed E-state index contributed by atoms with van der Waals surface area (Å²) in [6, 6.07) is 18.8. The number of nitrogen functional groups attached to an aromatic ring is 1. The molecule has 1 aliphatic carbocycles. The Morgan fingerprint density at radius 3 is 2.45 bits per heavy atom. The number of aliphatic hydroxyl groups is 1. The first kappa shape index (κ1) is 17.8. The summed E-state index contributed by atoms with van der Waals surface area (Å²) >= 11 is 0. The van der Waals surface area contributed by atoms with Gasteiger partial charge in [0.15, 0.2) is 5.82 Å². The minimum absolute atomic E-state index is 0.165. The van der Waals surface area contributed by atoms with Crippen molar-refractivity contribution in [2.45, 2.75) is 37.7 Å². The molecular formula is C23H23N5O. The molecule has 6 heteroatoms. The second-order valence-electron chi connectivity index (χ2n) is 8.19. The van der Waals surface area contributed by atoms with Crippen molar-refractivity contribution in [1.82, 2.24) is 19.6 Å². The van der Waals surface area contributed by atoms with E-state index in [1.165, 1.54) is 17.5 Å². The molecule has 5 rings (SSSR count). The van der Waals surface area contributed by atoms with Gasteiger partial charge in [0.1, 0.15) is 23.4 Å². The Morgan fingerprint density at radius 1 is 1.07 bits per heavy atom. The quantitative estimate of drug-likeness (QED) is 0.560. The summed E-state index contributed by atoms with van der Waals surface area (Å²) in [5.41, 5.74) is 10.6. The van der Waals surface area contributed by atoms with Crippen molar-refractivity contribution >= 4 is 11.3 Å². The Labute approximate surface area is 169 Å². The van der Waals surface area contributed by atoms with Crippen LogP contribution >= 0.6 is 0 Å². The summed E-state index contributed by atoms with van der Waals surface area (Å²) in [6.45, 7) is 1.86. The van der Waals surface area contributed by atoms with Crippen LogP contribution in [0.15, 0.2) is 60.9 Å². The van der Waals surface area contributed by atoms with E-state index in [9.17, 15) is 5.11 Å². The van der Waals surface area contributed by atoms with E-state index < -0.39 is 5.60 Å². The molecule has 1 aliphatic rings. The van der Waals surface area contributed by atoms with Gasteiger partial charge in [0.25, 0.3) is 0 Å². The lowest BCUT2D eigenvalue weighted by molar-refractivity contribution is -0.0337. The number of imidazole rings is 1. The number of hydrogen-bond donors (Lipinski definition) is 2. The maximum absolute atomic E-state index is 10.2. The van der Waals surface area contributed by atoms with E-state index in [-0.39, 0.29) is 5.92 Å². The molecule has 146 valence electrons. The monoisotopic (exact) mass is 385 g/mol. The molecule has 6 nitrogen and oxygen atoms in total. The topological polar surface area (TPSA) is 89.3 Å². The highest BCUT2D eigenvalue weighted by molar-refractivity contribution is 5.85. The third-order valence-electron chi connectivity index (χ3n) is 5.70. The highest BCUT2D eigenvalue weighted by Gasteiger charge is 2.42. The van der Waals surface area contributed by atoms with E-state index in [0.717, 1.165) is 29.0 Å². The predicted molar refractivity (Wildman–Crippen MR) is 112 cm³/mol. The molecule has 0 spiro atoms. The second kappa shape index (κ2) is 6.67. The molecule has 0 aliphatic heterocycles. The summed E-state index contributed by atoms with van der Waals surface area (Å²) in [6.07, 6.45) is 3.69. The number of rotatable bonds is 4. The van der Waals surface area contributed by atoms with Gasteiger partial charge in [-0.2, -0.15) is 5.10 Å². The molecule has 2 aromatic carbocycles. The van der Waals surface area contributed by atoms with Crippen LogP contribution in [0, 0.1) is 0 Å². The molecule has 1 saturated carbocycles. The van der Waals surface area contributed by atoms with Crippen molar-refractivity contribution in [1.29, 1.82) is 0 Å². The highest BCUT2D eigenvalue weighted by Crippen LogP contribution is 2.45. The van der Waals surface area contributed by atoms with Gasteiger partial charge in [-0.1, -0.05) is 54.6 Å². The normalized spacial score (nSPS) is 21.2. The molecule has 29 heavy (non-hydrogen) atoms. The molecule has 0 bridgehead atoms. The zero-order valence-electron chi connectivity index (χ0n) is 16.3. The van der Waals surface area contributed by atoms with Crippen molar-refractivity contribution in [2.24, 2.45) is 0 Å². The maximum atomic E-state index is 10.2. The largest absolute Gasteiger partial charge is 0.390 e. The number of anilines is 1. The smallest absolute Gasteiger partial charge is 0.153 e. The van der Waals surface area contributed by atoms with E-state index in [1.54, 1.807) is 4.52 Å². The van der Waals surface area contributed by atoms with E-state index in [0.29, 0.717) is 18.7 Å². The van der Waals surface area contributed by atoms with Crippen molar-refractivity contribution in [2.75, 3.05) is 5.73 Å². The fourth-order valence-corrected chi connectivity index (χ4v) is 4.24. The van der Waals surface area contributed by atoms with Crippen LogP contribution in [0.5, 0.6) is 0 Å². The molecule has 2 heterocycles. The summed E-state index contributed by atoms with van der Waals surface area (Å²) in [7, 11) is 0. The van der Waals surface area contributed by atoms with Crippen LogP contribution in [0.4, 0.5) is 5.82 Å². The van der Waals surface area contributed by atoms with Crippen LogP contribution in [-0.2, 0) is 6.42 Å². The summed E-state index contributed by atoms with van der Waals surface area (Å²) in [4.78, 5) is 9.06. The standard InChI is InChI=1S/C23H23N5O/c1-23(29)12-18(13-23)22-27-19(20-21(24)25-14-26-28(20)22)17-9-7-16(8-10-17)11-15-5-3-2-4-6-15/h2-10,14,18,29H,11-13H2,1H3,(H2,24,25,26)/t18-,23+. The average molecular weight is 385 g/mol. The first-order chi connectivity index (χ1) is 14.0. The fraction of sp³-hybridized carbons (Fsp3) is 0.261. The second-order valence-corrected chi connectivity index (χ2v) is 8.19. The number of benzene rings is 2. The predicted octanol–water partition coefficient (Wildman–Crippen LogP) is 3.59. The first-order valence-electron chi connectivity index (χ1n) is 9.85. The van der Waals surface area contributed by atoms with E-state index in [1.807, 2.05) is 13.0 Å². The lowest BCUT2D eigenvalue weighted by Crippen LogP contribution is -2.40. The molecular weight excluding hydrogens is 362 g/mol. The summed E-state index contributed by atoms with van der Waals surface area (Å²) in [5.74, 6) is 1.41. The van der Waals surface area contributed by atoms with Gasteiger partial charge in [-0.15, -0.1) is 0 Å². The number of nitrogens with two attached hydrogens (primary N) is 1. The lowest BCUT2D eigenvalue weighted by atomic mass is 9.72. The minimum atomic E-state index is -0.631. The van der Waals surface area contributed by atoms with Crippen molar-refractivity contribution in [3.8, 4) is 11.3 Å². The van der Waals surface area contributed by atoms with Crippen LogP contribution in [0.2, 0.25) is 0 Å². The van der Waals surface area contributed by atoms with Gasteiger partial charge in [0, 0.05) is 11.5 Å². The van der Waals surface area contributed by atoms with Gasteiger partial charge in [0.05, 0.1) is 5.60 Å². The molecule has 0 amide bonds. The highest BCUT2D eigenvalue weighted by atomic mass is 16.3. The van der Waals surface area contributed by atoms with Gasteiger partial charge in [0.2, 0.25) is 0 Å². The first-order valence-corrected chi connectivity index (χ1v) is 9.85. The van der Waals surface area contributed by atoms with Gasteiger partial charge >= 0.3 is 0 Å². The van der Waals surface area contributed by atoms with Gasteiger partial charge in [-0.3, -0.25) is 0 Å². The molecule has 2 aromatic heterocycles. The van der Waals surface area contributed by atoms with Crippen molar-refractivity contribution in [3.05, 3.63) is 77.9 Å². The van der Waals surface area contributed by atoms with Crippen molar-refractivity contribution < 1.29 is 5.11 Å². The molecule has 0 saturated heterocycles. The Balaban J connectivity index is 1.51. The number of nitrogens with zero attached hydrogens (tertiary/aromatic N) is 4.